The van der Waals surface area contributed by atoms with Crippen molar-refractivity contribution in [3.05, 3.63) is 23.8 Å². The van der Waals surface area contributed by atoms with Gasteiger partial charge in [0.2, 0.25) is 10.0 Å². The van der Waals surface area contributed by atoms with Crippen LogP contribution in [0.3, 0.4) is 0 Å². The Morgan fingerprint density at radius 1 is 1.30 bits per heavy atom. The summed E-state index contributed by atoms with van der Waals surface area (Å²) >= 11 is 0. The topological polar surface area (TPSA) is 96.5 Å². The van der Waals surface area contributed by atoms with Gasteiger partial charge in [0, 0.05) is 18.2 Å². The molecule has 27 heavy (non-hydrogen) atoms. The standard InChI is InChI=1S/C18H29N3O4S.ClH/c1-13(2)21-26(23,24)16-11-14(5-6-15(16)25-4)17(22)20-12-18(3)7-9-19-10-8-18;/h5-6,11,13,19,21H,7-10,12H2,1-4H3,(H,20,22);1H. The van der Waals surface area contributed by atoms with E-state index in [1.54, 1.807) is 19.9 Å². The van der Waals surface area contributed by atoms with E-state index in [0.29, 0.717) is 12.1 Å². The van der Waals surface area contributed by atoms with Gasteiger partial charge in [0.1, 0.15) is 10.6 Å². The Bertz CT molecular complexity index is 747. The van der Waals surface area contributed by atoms with E-state index in [1.807, 2.05) is 0 Å². The van der Waals surface area contributed by atoms with Gasteiger partial charge in [-0.25, -0.2) is 13.1 Å². The van der Waals surface area contributed by atoms with E-state index < -0.39 is 10.0 Å². The fourth-order valence-corrected chi connectivity index (χ4v) is 4.45. The minimum Gasteiger partial charge on any atom is -0.495 e. The first-order valence-corrected chi connectivity index (χ1v) is 10.3. The van der Waals surface area contributed by atoms with Crippen LogP contribution in [0.2, 0.25) is 0 Å². The third-order valence-corrected chi connectivity index (χ3v) is 6.27. The number of amides is 1. The van der Waals surface area contributed by atoms with Crippen LogP contribution in [0, 0.1) is 5.41 Å². The monoisotopic (exact) mass is 419 g/mol. The smallest absolute Gasteiger partial charge is 0.251 e. The van der Waals surface area contributed by atoms with Gasteiger partial charge >= 0.3 is 0 Å². The molecular weight excluding hydrogens is 390 g/mol. The molecule has 1 aromatic rings. The van der Waals surface area contributed by atoms with E-state index in [4.69, 9.17) is 4.74 Å². The van der Waals surface area contributed by atoms with E-state index in [1.165, 1.54) is 19.2 Å². The predicted octanol–water partition coefficient (Wildman–Crippen LogP) is 1.92. The Hall–Kier alpha value is -1.35. The molecule has 0 unspecified atom stereocenters. The first kappa shape index (κ1) is 23.7. The molecule has 0 radical (unpaired) electrons. The van der Waals surface area contributed by atoms with Crippen LogP contribution in [-0.2, 0) is 10.0 Å². The summed E-state index contributed by atoms with van der Waals surface area (Å²) in [6.45, 7) is 8.08. The summed E-state index contributed by atoms with van der Waals surface area (Å²) in [7, 11) is -2.36. The predicted molar refractivity (Wildman–Crippen MR) is 108 cm³/mol. The Labute approximate surface area is 168 Å². The zero-order valence-electron chi connectivity index (χ0n) is 16.3. The van der Waals surface area contributed by atoms with Crippen molar-refractivity contribution in [2.75, 3.05) is 26.7 Å². The van der Waals surface area contributed by atoms with Crippen LogP contribution >= 0.6 is 12.4 Å². The molecule has 0 bridgehead atoms. The van der Waals surface area contributed by atoms with Crippen molar-refractivity contribution in [3.8, 4) is 5.75 Å². The number of carbonyl (C=O) groups excluding carboxylic acids is 1. The van der Waals surface area contributed by atoms with E-state index >= 15 is 0 Å². The summed E-state index contributed by atoms with van der Waals surface area (Å²) < 4.78 is 32.7. The molecule has 9 heteroatoms. The summed E-state index contributed by atoms with van der Waals surface area (Å²) in [5.41, 5.74) is 0.356. The zero-order chi connectivity index (χ0) is 19.4. The number of methoxy groups -OCH3 is 1. The van der Waals surface area contributed by atoms with Crippen molar-refractivity contribution in [3.63, 3.8) is 0 Å². The van der Waals surface area contributed by atoms with Gasteiger partial charge in [-0.3, -0.25) is 4.79 Å². The highest BCUT2D eigenvalue weighted by atomic mass is 35.5. The molecule has 7 nitrogen and oxygen atoms in total. The Morgan fingerprint density at radius 2 is 1.93 bits per heavy atom. The fourth-order valence-electron chi connectivity index (χ4n) is 3.00. The number of hydrogen-bond acceptors (Lipinski definition) is 5. The van der Waals surface area contributed by atoms with Crippen LogP contribution in [0.1, 0.15) is 44.0 Å². The molecule has 1 aliphatic rings. The van der Waals surface area contributed by atoms with Gasteiger partial charge < -0.3 is 15.4 Å². The average molecular weight is 420 g/mol. The molecule has 0 atom stereocenters. The summed E-state index contributed by atoms with van der Waals surface area (Å²) in [4.78, 5) is 12.5. The highest BCUT2D eigenvalue weighted by molar-refractivity contribution is 7.89. The van der Waals surface area contributed by atoms with Crippen molar-refractivity contribution >= 4 is 28.3 Å². The lowest BCUT2D eigenvalue weighted by Crippen LogP contribution is -2.42. The minimum atomic E-state index is -3.77. The van der Waals surface area contributed by atoms with E-state index in [9.17, 15) is 13.2 Å². The molecule has 1 heterocycles. The second kappa shape index (κ2) is 9.73. The number of sulfonamides is 1. The highest BCUT2D eigenvalue weighted by Gasteiger charge is 2.28. The third-order valence-electron chi connectivity index (χ3n) is 4.59. The zero-order valence-corrected chi connectivity index (χ0v) is 17.9. The lowest BCUT2D eigenvalue weighted by Gasteiger charge is -2.34. The van der Waals surface area contributed by atoms with Crippen molar-refractivity contribution < 1.29 is 17.9 Å². The number of hydrogen-bond donors (Lipinski definition) is 3. The molecule has 1 aliphatic heterocycles. The number of piperidine rings is 1. The largest absolute Gasteiger partial charge is 0.495 e. The molecular formula is C18H30ClN3O4S. The van der Waals surface area contributed by atoms with E-state index in [2.05, 4.69) is 22.3 Å². The molecule has 0 saturated carbocycles. The van der Waals surface area contributed by atoms with Gasteiger partial charge in [-0.15, -0.1) is 12.4 Å². The quantitative estimate of drug-likeness (QED) is 0.627. The number of nitrogens with one attached hydrogen (secondary N) is 3. The molecule has 1 fully saturated rings. The summed E-state index contributed by atoms with van der Waals surface area (Å²) in [5.74, 6) is -0.0755. The molecule has 3 N–H and O–H groups in total. The van der Waals surface area contributed by atoms with Crippen LogP contribution in [-0.4, -0.2) is 47.1 Å². The first-order chi connectivity index (χ1) is 12.2. The molecule has 0 aliphatic carbocycles. The summed E-state index contributed by atoms with van der Waals surface area (Å²) in [6, 6.07) is 4.19. The normalized spacial score (nSPS) is 16.5. The van der Waals surface area contributed by atoms with Gasteiger partial charge in [-0.05, 0) is 63.4 Å². The number of carbonyl (C=O) groups is 1. The van der Waals surface area contributed by atoms with Crippen molar-refractivity contribution in [2.45, 2.75) is 44.6 Å². The maximum Gasteiger partial charge on any atom is 0.251 e. The molecule has 1 amide bonds. The molecule has 2 rings (SSSR count). The van der Waals surface area contributed by atoms with Crippen LogP contribution in [0.4, 0.5) is 0 Å². The van der Waals surface area contributed by atoms with Gasteiger partial charge in [0.25, 0.3) is 5.91 Å². The van der Waals surface area contributed by atoms with Gasteiger partial charge in [0.05, 0.1) is 7.11 Å². The number of benzene rings is 1. The number of ether oxygens (including phenoxy) is 1. The SMILES string of the molecule is COc1ccc(C(=O)NCC2(C)CCNCC2)cc1S(=O)(=O)NC(C)C.Cl. The van der Waals surface area contributed by atoms with Crippen LogP contribution in [0.25, 0.3) is 0 Å². The summed E-state index contributed by atoms with van der Waals surface area (Å²) in [6.07, 6.45) is 1.99. The maximum absolute atomic E-state index is 12.5. The lowest BCUT2D eigenvalue weighted by molar-refractivity contribution is 0.0922. The van der Waals surface area contributed by atoms with Crippen LogP contribution < -0.4 is 20.1 Å². The summed E-state index contributed by atoms with van der Waals surface area (Å²) in [5, 5.41) is 6.25. The minimum absolute atomic E-state index is 0. The highest BCUT2D eigenvalue weighted by Crippen LogP contribution is 2.28. The Morgan fingerprint density at radius 3 is 2.48 bits per heavy atom. The number of halogens is 1. The molecule has 154 valence electrons. The van der Waals surface area contributed by atoms with Crippen LogP contribution in [0.5, 0.6) is 5.75 Å². The Balaban J connectivity index is 0.00000364. The van der Waals surface area contributed by atoms with Gasteiger partial charge in [-0.2, -0.15) is 0 Å². The molecule has 1 aromatic carbocycles. The van der Waals surface area contributed by atoms with Crippen molar-refractivity contribution in [1.29, 1.82) is 0 Å². The molecule has 0 spiro atoms. The van der Waals surface area contributed by atoms with Crippen molar-refractivity contribution in [1.82, 2.24) is 15.4 Å². The first-order valence-electron chi connectivity index (χ1n) is 8.86. The Kier molecular flexibility index (Phi) is 8.53. The van der Waals surface area contributed by atoms with Gasteiger partial charge in [-0.1, -0.05) is 6.92 Å². The lowest BCUT2D eigenvalue weighted by atomic mass is 9.81. The second-order valence-corrected chi connectivity index (χ2v) is 9.07. The molecule has 1 saturated heterocycles. The fraction of sp³-hybridized carbons (Fsp3) is 0.611. The number of rotatable bonds is 7. The average Bonchev–Trinajstić information content (AvgIpc) is 2.58. The van der Waals surface area contributed by atoms with Gasteiger partial charge in [0.15, 0.2) is 0 Å². The third kappa shape index (κ3) is 6.34. The van der Waals surface area contributed by atoms with Crippen molar-refractivity contribution in [2.24, 2.45) is 5.41 Å². The van der Waals surface area contributed by atoms with E-state index in [0.717, 1.165) is 25.9 Å². The van der Waals surface area contributed by atoms with Crippen LogP contribution in [0.15, 0.2) is 23.1 Å². The second-order valence-electron chi connectivity index (χ2n) is 7.38. The maximum atomic E-state index is 12.5. The van der Waals surface area contributed by atoms with E-state index in [-0.39, 0.29) is 40.4 Å². The molecule has 0 aromatic heterocycles.